The third-order valence-electron chi connectivity index (χ3n) is 8.66. The summed E-state index contributed by atoms with van der Waals surface area (Å²) in [4.78, 5) is 19.3. The van der Waals surface area contributed by atoms with Crippen LogP contribution >= 0.6 is 0 Å². The maximum Gasteiger partial charge on any atom is 0.325 e. The number of benzene rings is 1. The molecule has 4 heterocycles. The number of anilines is 1. The molecule has 5 rings (SSSR count). The van der Waals surface area contributed by atoms with E-state index in [4.69, 9.17) is 19.2 Å². The number of hydrogen-bond donors (Lipinski definition) is 2. The fraction of sp³-hybridized carbons (Fsp3) is 0.625. The van der Waals surface area contributed by atoms with Crippen LogP contribution in [0.25, 0.3) is 0 Å². The molecule has 2 saturated heterocycles. The largest absolute Gasteiger partial charge is 0.496 e. The number of carboxylic acids is 1. The van der Waals surface area contributed by atoms with Crippen molar-refractivity contribution in [3.8, 4) is 5.75 Å². The highest BCUT2D eigenvalue weighted by atomic mass is 19.1. The number of hydrogen-bond acceptors (Lipinski definition) is 7. The van der Waals surface area contributed by atoms with Crippen LogP contribution in [0.15, 0.2) is 24.3 Å². The summed E-state index contributed by atoms with van der Waals surface area (Å²) in [7, 11) is 1.71. The first kappa shape index (κ1) is 29.7. The van der Waals surface area contributed by atoms with Crippen LogP contribution in [0.1, 0.15) is 86.9 Å². The van der Waals surface area contributed by atoms with E-state index >= 15 is 0 Å². The monoisotopic (exact) mass is 569 g/mol. The number of fused-ring (bicyclic) bond motifs is 1. The van der Waals surface area contributed by atoms with E-state index in [0.717, 1.165) is 86.3 Å². The molecule has 2 aromatic rings. The fourth-order valence-electron chi connectivity index (χ4n) is 6.36. The summed E-state index contributed by atoms with van der Waals surface area (Å²) in [6, 6.07) is 5.60. The lowest BCUT2D eigenvalue weighted by atomic mass is 9.82. The van der Waals surface area contributed by atoms with Crippen molar-refractivity contribution in [1.29, 1.82) is 0 Å². The van der Waals surface area contributed by atoms with Gasteiger partial charge in [-0.3, -0.25) is 9.69 Å². The number of nitrogens with zero attached hydrogens (tertiary/aromatic N) is 2. The second-order valence-corrected chi connectivity index (χ2v) is 12.4. The number of methoxy groups -OCH3 is 1. The van der Waals surface area contributed by atoms with Crippen molar-refractivity contribution in [2.75, 3.05) is 45.3 Å². The Morgan fingerprint density at radius 2 is 2.15 bits per heavy atom. The first-order valence-electron chi connectivity index (χ1n) is 15.0. The zero-order chi connectivity index (χ0) is 29.0. The summed E-state index contributed by atoms with van der Waals surface area (Å²) >= 11 is 0. The van der Waals surface area contributed by atoms with Crippen molar-refractivity contribution >= 4 is 11.8 Å². The molecule has 3 aliphatic heterocycles. The first-order valence-corrected chi connectivity index (χ1v) is 15.0. The Balaban J connectivity index is 1.15. The van der Waals surface area contributed by atoms with Crippen molar-refractivity contribution in [2.24, 2.45) is 5.41 Å². The van der Waals surface area contributed by atoms with Gasteiger partial charge in [0.1, 0.15) is 23.4 Å². The lowest BCUT2D eigenvalue weighted by Crippen LogP contribution is -2.35. The van der Waals surface area contributed by atoms with Gasteiger partial charge in [0.25, 0.3) is 0 Å². The van der Waals surface area contributed by atoms with Crippen molar-refractivity contribution < 1.29 is 28.5 Å². The predicted octanol–water partition coefficient (Wildman–Crippen LogP) is 5.70. The SMILES string of the molecule is COc1cc(CCCCO[C@@H]2CCN([C@H](C(=O)O)c3cc(F)ccc3[C@@H]3CCC(C)(C)CO3)C2)nc2c1CCCN2. The molecule has 0 bridgehead atoms. The minimum absolute atomic E-state index is 0.0493. The minimum atomic E-state index is -0.976. The van der Waals surface area contributed by atoms with Gasteiger partial charge in [-0.05, 0) is 80.0 Å². The number of unbranched alkanes of at least 4 members (excludes halogenated alkanes) is 1. The van der Waals surface area contributed by atoms with Gasteiger partial charge in [-0.15, -0.1) is 0 Å². The molecule has 41 heavy (non-hydrogen) atoms. The third kappa shape index (κ3) is 7.19. The van der Waals surface area contributed by atoms with Gasteiger partial charge in [-0.25, -0.2) is 9.37 Å². The second-order valence-electron chi connectivity index (χ2n) is 12.4. The molecule has 1 aromatic carbocycles. The molecule has 0 amide bonds. The fourth-order valence-corrected chi connectivity index (χ4v) is 6.36. The molecule has 0 aliphatic carbocycles. The van der Waals surface area contributed by atoms with Gasteiger partial charge < -0.3 is 24.6 Å². The van der Waals surface area contributed by atoms with Crippen LogP contribution in [-0.2, 0) is 27.1 Å². The van der Waals surface area contributed by atoms with Gasteiger partial charge in [0, 0.05) is 43.6 Å². The molecule has 3 atom stereocenters. The Morgan fingerprint density at radius 3 is 2.90 bits per heavy atom. The second kappa shape index (κ2) is 13.0. The molecule has 1 aromatic heterocycles. The highest BCUT2D eigenvalue weighted by molar-refractivity contribution is 5.76. The molecular weight excluding hydrogens is 525 g/mol. The number of carboxylic acid groups (broad SMARTS) is 1. The van der Waals surface area contributed by atoms with E-state index in [-0.39, 0.29) is 17.6 Å². The number of nitrogens with one attached hydrogen (secondary N) is 1. The van der Waals surface area contributed by atoms with E-state index in [1.165, 1.54) is 12.1 Å². The number of ether oxygens (including phenoxy) is 3. The summed E-state index contributed by atoms with van der Waals surface area (Å²) in [5.74, 6) is 0.449. The van der Waals surface area contributed by atoms with Crippen LogP contribution in [0, 0.1) is 11.2 Å². The topological polar surface area (TPSA) is 93.2 Å². The summed E-state index contributed by atoms with van der Waals surface area (Å²) in [6.45, 7) is 7.56. The minimum Gasteiger partial charge on any atom is -0.496 e. The standard InChI is InChI=1S/C32H44FN3O5/c1-32(2)13-11-27(41-20-32)24-10-9-21(33)17-26(24)29(31(37)38)36-15-12-23(19-36)40-16-5-4-7-22-18-28(39-3)25-8-6-14-34-30(25)35-22/h9-10,17-18,23,27,29H,4-8,11-16,19-20H2,1-3H3,(H,34,35)(H,37,38)/t23-,27+,29+/m1/s1. The van der Waals surface area contributed by atoms with E-state index in [0.29, 0.717) is 31.9 Å². The Hall–Kier alpha value is -2.75. The number of likely N-dealkylation sites (tertiary alicyclic amines) is 1. The quantitative estimate of drug-likeness (QED) is 0.333. The average Bonchev–Trinajstić information content (AvgIpc) is 3.41. The predicted molar refractivity (Wildman–Crippen MR) is 155 cm³/mol. The van der Waals surface area contributed by atoms with Gasteiger partial charge >= 0.3 is 5.97 Å². The zero-order valence-electron chi connectivity index (χ0n) is 24.6. The van der Waals surface area contributed by atoms with Crippen molar-refractivity contribution in [1.82, 2.24) is 9.88 Å². The normalized spacial score (nSPS) is 23.0. The zero-order valence-corrected chi connectivity index (χ0v) is 24.6. The molecule has 224 valence electrons. The third-order valence-corrected chi connectivity index (χ3v) is 8.66. The maximum atomic E-state index is 14.4. The molecule has 0 radical (unpaired) electrons. The van der Waals surface area contributed by atoms with Crippen molar-refractivity contribution in [3.63, 3.8) is 0 Å². The van der Waals surface area contributed by atoms with Crippen LogP contribution in [0.2, 0.25) is 0 Å². The smallest absolute Gasteiger partial charge is 0.325 e. The van der Waals surface area contributed by atoms with Gasteiger partial charge in [0.15, 0.2) is 0 Å². The van der Waals surface area contributed by atoms with Crippen LogP contribution < -0.4 is 10.1 Å². The van der Waals surface area contributed by atoms with E-state index in [1.807, 2.05) is 11.0 Å². The highest BCUT2D eigenvalue weighted by Gasteiger charge is 2.38. The molecule has 2 fully saturated rings. The van der Waals surface area contributed by atoms with Crippen molar-refractivity contribution in [2.45, 2.75) is 83.5 Å². The number of aryl methyl sites for hydroxylation is 1. The number of pyridine rings is 1. The van der Waals surface area contributed by atoms with Crippen LogP contribution in [0.5, 0.6) is 5.75 Å². The lowest BCUT2D eigenvalue weighted by Gasteiger charge is -2.36. The molecule has 0 saturated carbocycles. The van der Waals surface area contributed by atoms with Crippen LogP contribution in [0.4, 0.5) is 10.2 Å². The summed E-state index contributed by atoms with van der Waals surface area (Å²) in [5.41, 5.74) is 3.54. The molecule has 2 N–H and O–H groups in total. The number of aromatic nitrogens is 1. The van der Waals surface area contributed by atoms with E-state index < -0.39 is 17.8 Å². The van der Waals surface area contributed by atoms with E-state index in [2.05, 4.69) is 19.2 Å². The Kier molecular flexibility index (Phi) is 9.46. The molecule has 0 spiro atoms. The molecule has 8 nitrogen and oxygen atoms in total. The van der Waals surface area contributed by atoms with Crippen LogP contribution in [-0.4, -0.2) is 67.0 Å². The Labute approximate surface area is 242 Å². The maximum absolute atomic E-state index is 14.4. The summed E-state index contributed by atoms with van der Waals surface area (Å²) in [6.07, 6.45) is 6.97. The van der Waals surface area contributed by atoms with Gasteiger partial charge in [0.2, 0.25) is 0 Å². The summed E-state index contributed by atoms with van der Waals surface area (Å²) in [5, 5.41) is 13.7. The number of rotatable bonds is 11. The van der Waals surface area contributed by atoms with E-state index in [9.17, 15) is 14.3 Å². The Morgan fingerprint density at radius 1 is 1.29 bits per heavy atom. The first-order chi connectivity index (χ1) is 19.7. The van der Waals surface area contributed by atoms with Gasteiger partial charge in [-0.2, -0.15) is 0 Å². The number of aliphatic carboxylic acids is 1. The average molecular weight is 570 g/mol. The van der Waals surface area contributed by atoms with Crippen molar-refractivity contribution in [3.05, 3.63) is 52.5 Å². The van der Waals surface area contributed by atoms with E-state index in [1.54, 1.807) is 13.2 Å². The molecular formula is C32H44FN3O5. The van der Waals surface area contributed by atoms with Gasteiger partial charge in [0.05, 0.1) is 25.9 Å². The molecule has 9 heteroatoms. The Bertz CT molecular complexity index is 1190. The lowest BCUT2D eigenvalue weighted by molar-refractivity contribution is -0.143. The molecule has 0 unspecified atom stereocenters. The molecule has 3 aliphatic rings. The highest BCUT2D eigenvalue weighted by Crippen LogP contribution is 2.41. The van der Waals surface area contributed by atoms with Gasteiger partial charge in [-0.1, -0.05) is 19.9 Å². The number of halogens is 1. The van der Waals surface area contributed by atoms with Crippen LogP contribution in [0.3, 0.4) is 0 Å². The number of carbonyl (C=O) groups is 1. The summed E-state index contributed by atoms with van der Waals surface area (Å²) < 4.78 is 32.3.